The highest BCUT2D eigenvalue weighted by molar-refractivity contribution is 7.91. The number of carbonyl (C=O) groups excluding carboxylic acids is 1. The summed E-state index contributed by atoms with van der Waals surface area (Å²) in [6.07, 6.45) is 0.330. The average Bonchev–Trinajstić information content (AvgIpc) is 3.38. The van der Waals surface area contributed by atoms with Gasteiger partial charge in [0.2, 0.25) is 0 Å². The normalized spacial score (nSPS) is 17.2. The van der Waals surface area contributed by atoms with Crippen LogP contribution in [-0.4, -0.2) is 43.4 Å². The highest BCUT2D eigenvalue weighted by atomic mass is 32.2. The number of halogens is 2. The molecule has 1 saturated heterocycles. The van der Waals surface area contributed by atoms with Gasteiger partial charge in [-0.15, -0.1) is 0 Å². The Morgan fingerprint density at radius 3 is 2.28 bits per heavy atom. The van der Waals surface area contributed by atoms with Gasteiger partial charge >= 0.3 is 0 Å². The van der Waals surface area contributed by atoms with Crippen LogP contribution in [-0.2, 0) is 21.2 Å². The minimum Gasteiger partial charge on any atom is -0.484 e. The van der Waals surface area contributed by atoms with Crippen LogP contribution < -0.4 is 4.74 Å². The predicted molar refractivity (Wildman–Crippen MR) is 114 cm³/mol. The van der Waals surface area contributed by atoms with E-state index in [-0.39, 0.29) is 30.5 Å². The first-order chi connectivity index (χ1) is 15.3. The van der Waals surface area contributed by atoms with Gasteiger partial charge in [-0.25, -0.2) is 17.2 Å². The Kier molecular flexibility index (Phi) is 6.27. The monoisotopic (exact) mass is 461 g/mol. The molecular weight excluding hydrogens is 440 g/mol. The maximum Gasteiger partial charge on any atom is 0.261 e. The Hall–Kier alpha value is -3.20. The third-order valence-electron chi connectivity index (χ3n) is 5.26. The Labute approximate surface area is 184 Å². The van der Waals surface area contributed by atoms with E-state index in [0.717, 1.165) is 0 Å². The number of hydrogen-bond donors (Lipinski definition) is 0. The lowest BCUT2D eigenvalue weighted by Crippen LogP contribution is -2.43. The molecule has 1 aliphatic rings. The maximum absolute atomic E-state index is 13.2. The molecule has 1 aromatic heterocycles. The zero-order valence-electron chi connectivity index (χ0n) is 17.0. The Morgan fingerprint density at radius 2 is 1.66 bits per heavy atom. The Balaban J connectivity index is 1.50. The second-order valence-corrected chi connectivity index (χ2v) is 9.82. The number of hydrogen-bond acceptors (Lipinski definition) is 5. The van der Waals surface area contributed by atoms with E-state index in [9.17, 15) is 22.0 Å². The summed E-state index contributed by atoms with van der Waals surface area (Å²) in [5, 5.41) is 0. The van der Waals surface area contributed by atoms with Crippen LogP contribution in [0.2, 0.25) is 0 Å². The fourth-order valence-corrected chi connectivity index (χ4v) is 5.33. The van der Waals surface area contributed by atoms with Gasteiger partial charge < -0.3 is 14.1 Å². The molecule has 3 aromatic rings. The lowest BCUT2D eigenvalue weighted by molar-refractivity contribution is -0.136. The molecule has 6 nitrogen and oxygen atoms in total. The number of benzene rings is 2. The van der Waals surface area contributed by atoms with Crippen LogP contribution in [0, 0.1) is 11.6 Å². The van der Waals surface area contributed by atoms with Crippen LogP contribution in [0.5, 0.6) is 5.75 Å². The Bertz CT molecular complexity index is 1190. The number of furan rings is 1. The molecule has 0 bridgehead atoms. The molecule has 1 fully saturated rings. The van der Waals surface area contributed by atoms with E-state index in [1.807, 2.05) is 0 Å². The van der Waals surface area contributed by atoms with Gasteiger partial charge in [-0.05, 0) is 67.1 Å². The Morgan fingerprint density at radius 1 is 1.00 bits per heavy atom. The van der Waals surface area contributed by atoms with Crippen molar-refractivity contribution >= 4 is 15.7 Å². The van der Waals surface area contributed by atoms with E-state index in [0.29, 0.717) is 29.3 Å². The van der Waals surface area contributed by atoms with Crippen LogP contribution in [0.3, 0.4) is 0 Å². The molecular formula is C23H21F2NO5S. The average molecular weight is 461 g/mol. The molecule has 4 rings (SSSR count). The van der Waals surface area contributed by atoms with Gasteiger partial charge in [-0.3, -0.25) is 4.79 Å². The minimum absolute atomic E-state index is 0.0131. The summed E-state index contributed by atoms with van der Waals surface area (Å²) in [7, 11) is -3.22. The van der Waals surface area contributed by atoms with Crippen molar-refractivity contribution in [3.05, 3.63) is 78.1 Å². The number of amides is 1. The van der Waals surface area contributed by atoms with Crippen molar-refractivity contribution in [2.45, 2.75) is 19.0 Å². The fraction of sp³-hybridized carbons (Fsp3) is 0.261. The van der Waals surface area contributed by atoms with Crippen molar-refractivity contribution in [3.63, 3.8) is 0 Å². The first-order valence-electron chi connectivity index (χ1n) is 10.0. The summed E-state index contributed by atoms with van der Waals surface area (Å²) in [6, 6.07) is 14.0. The van der Waals surface area contributed by atoms with Crippen molar-refractivity contribution in [1.29, 1.82) is 0 Å². The van der Waals surface area contributed by atoms with Gasteiger partial charge in [0, 0.05) is 11.6 Å². The molecule has 9 heteroatoms. The summed E-state index contributed by atoms with van der Waals surface area (Å²) < 4.78 is 61.5. The van der Waals surface area contributed by atoms with Crippen molar-refractivity contribution < 1.29 is 31.1 Å². The smallest absolute Gasteiger partial charge is 0.261 e. The van der Waals surface area contributed by atoms with Crippen molar-refractivity contribution in [1.82, 2.24) is 4.90 Å². The molecule has 0 saturated carbocycles. The van der Waals surface area contributed by atoms with E-state index in [2.05, 4.69) is 0 Å². The summed E-state index contributed by atoms with van der Waals surface area (Å²) in [5.74, 6) is 0.00136. The third-order valence-corrected chi connectivity index (χ3v) is 7.01. The van der Waals surface area contributed by atoms with Crippen LogP contribution in [0.25, 0.3) is 11.3 Å². The quantitative estimate of drug-likeness (QED) is 0.535. The molecule has 2 heterocycles. The van der Waals surface area contributed by atoms with Crippen molar-refractivity contribution in [3.8, 4) is 17.1 Å². The molecule has 32 heavy (non-hydrogen) atoms. The van der Waals surface area contributed by atoms with E-state index in [1.165, 1.54) is 41.3 Å². The standard InChI is InChI=1S/C23H21F2NO5S/c24-17-3-1-16(2-4-17)22-10-9-21(31-22)13-26(19-11-12-32(28,29)15-19)23(27)14-30-20-7-5-18(25)6-8-20/h1-10,19H,11-15H2/t19-/m1/s1. The zero-order chi connectivity index (χ0) is 22.7. The summed E-state index contributed by atoms with van der Waals surface area (Å²) in [5.41, 5.74) is 0.679. The molecule has 168 valence electrons. The molecule has 1 aliphatic heterocycles. The van der Waals surface area contributed by atoms with Crippen molar-refractivity contribution in [2.24, 2.45) is 0 Å². The van der Waals surface area contributed by atoms with Gasteiger partial charge in [-0.1, -0.05) is 0 Å². The summed E-state index contributed by atoms with van der Waals surface area (Å²) in [4.78, 5) is 14.4. The lowest BCUT2D eigenvalue weighted by atomic mass is 10.2. The molecule has 1 atom stereocenters. The largest absolute Gasteiger partial charge is 0.484 e. The summed E-state index contributed by atoms with van der Waals surface area (Å²) in [6.45, 7) is -0.263. The zero-order valence-corrected chi connectivity index (χ0v) is 17.9. The van der Waals surface area contributed by atoms with Crippen molar-refractivity contribution in [2.75, 3.05) is 18.1 Å². The topological polar surface area (TPSA) is 76.8 Å². The highest BCUT2D eigenvalue weighted by Gasteiger charge is 2.35. The second-order valence-electron chi connectivity index (χ2n) is 7.59. The summed E-state index contributed by atoms with van der Waals surface area (Å²) >= 11 is 0. The molecule has 0 unspecified atom stereocenters. The van der Waals surface area contributed by atoms with Crippen LogP contribution >= 0.6 is 0 Å². The van der Waals surface area contributed by atoms with Crippen LogP contribution in [0.1, 0.15) is 12.2 Å². The van der Waals surface area contributed by atoms with Gasteiger partial charge in [0.05, 0.1) is 18.1 Å². The fourth-order valence-electron chi connectivity index (χ4n) is 3.60. The number of nitrogens with zero attached hydrogens (tertiary/aromatic N) is 1. The molecule has 1 amide bonds. The number of ether oxygens (including phenoxy) is 1. The minimum atomic E-state index is -3.22. The van der Waals surface area contributed by atoms with Gasteiger partial charge in [0.15, 0.2) is 16.4 Å². The first kappa shape index (κ1) is 22.0. The number of carbonyl (C=O) groups is 1. The molecule has 0 aliphatic carbocycles. The van der Waals surface area contributed by atoms with E-state index < -0.39 is 27.6 Å². The lowest BCUT2D eigenvalue weighted by Gasteiger charge is -2.27. The van der Waals surface area contributed by atoms with Crippen LogP contribution in [0.4, 0.5) is 8.78 Å². The first-order valence-corrected chi connectivity index (χ1v) is 11.8. The molecule has 0 radical (unpaired) electrons. The van der Waals surface area contributed by atoms with Gasteiger partial charge in [-0.2, -0.15) is 0 Å². The SMILES string of the molecule is O=C(COc1ccc(F)cc1)N(Cc1ccc(-c2ccc(F)cc2)o1)[C@@H]1CCS(=O)(=O)C1. The van der Waals surface area contributed by atoms with Gasteiger partial charge in [0.25, 0.3) is 5.91 Å². The number of rotatable bonds is 7. The maximum atomic E-state index is 13.2. The van der Waals surface area contributed by atoms with E-state index in [4.69, 9.17) is 9.15 Å². The van der Waals surface area contributed by atoms with E-state index >= 15 is 0 Å². The molecule has 0 N–H and O–H groups in total. The third kappa shape index (κ3) is 5.34. The highest BCUT2D eigenvalue weighted by Crippen LogP contribution is 2.26. The molecule has 2 aromatic carbocycles. The number of sulfone groups is 1. The predicted octanol–water partition coefficient (Wildman–Crippen LogP) is 3.82. The second kappa shape index (κ2) is 9.12. The van der Waals surface area contributed by atoms with Crippen LogP contribution in [0.15, 0.2) is 65.1 Å². The van der Waals surface area contributed by atoms with Gasteiger partial charge in [0.1, 0.15) is 28.9 Å². The van der Waals surface area contributed by atoms with E-state index in [1.54, 1.807) is 24.3 Å². The molecule has 0 spiro atoms.